The maximum absolute atomic E-state index is 13.6. The number of rotatable bonds is 8. The first-order chi connectivity index (χ1) is 15.5. The van der Waals surface area contributed by atoms with Crippen LogP contribution < -0.4 is 5.32 Å². The molecular weight excluding hydrogens is 406 g/mol. The van der Waals surface area contributed by atoms with E-state index in [0.29, 0.717) is 35.2 Å². The zero-order valence-electron chi connectivity index (χ0n) is 18.5. The molecule has 168 valence electrons. The number of nitrogens with zero attached hydrogens (tertiary/aromatic N) is 1. The maximum atomic E-state index is 13.6. The van der Waals surface area contributed by atoms with Crippen molar-refractivity contribution in [3.05, 3.63) is 90.3 Å². The quantitative estimate of drug-likeness (QED) is 0.478. The number of hydrogen-bond donors (Lipinski definition) is 1. The average molecular weight is 437 g/mol. The van der Waals surface area contributed by atoms with Gasteiger partial charge in [-0.2, -0.15) is 0 Å². The Morgan fingerprint density at radius 1 is 1.12 bits per heavy atom. The standard InChI is InChI=1S/C27H30F2N2O/c1-3-5-7-22(4-2)31-27(32)17-20-12-10-19(11-13-20)16-23-8-6-9-26(30-23)21-14-15-24(28)25(29)18-21/h3-9,14-15,18-20H,2,10-13,16-17H2,1H3,(H,31,32)/b5-3-,22-7+. The molecule has 3 nitrogen and oxygen atoms in total. The van der Waals surface area contributed by atoms with Gasteiger partial charge in [-0.3, -0.25) is 9.78 Å². The van der Waals surface area contributed by atoms with Crippen molar-refractivity contribution in [3.63, 3.8) is 0 Å². The number of amides is 1. The molecule has 1 fully saturated rings. The highest BCUT2D eigenvalue weighted by atomic mass is 19.2. The van der Waals surface area contributed by atoms with Gasteiger partial charge in [0.05, 0.1) is 5.69 Å². The van der Waals surface area contributed by atoms with Crippen LogP contribution in [0.15, 0.2) is 73.0 Å². The lowest BCUT2D eigenvalue weighted by Crippen LogP contribution is -2.26. The Kier molecular flexibility index (Phi) is 8.48. The first kappa shape index (κ1) is 23.6. The van der Waals surface area contributed by atoms with E-state index < -0.39 is 11.6 Å². The number of nitrogens with one attached hydrogen (secondary N) is 1. The summed E-state index contributed by atoms with van der Waals surface area (Å²) in [6.45, 7) is 5.66. The second-order valence-corrected chi connectivity index (χ2v) is 8.34. The molecule has 0 unspecified atom stereocenters. The highest BCUT2D eigenvalue weighted by Gasteiger charge is 2.24. The Morgan fingerprint density at radius 3 is 2.56 bits per heavy atom. The zero-order valence-corrected chi connectivity index (χ0v) is 18.5. The molecule has 1 N–H and O–H groups in total. The first-order valence-corrected chi connectivity index (χ1v) is 11.1. The van der Waals surface area contributed by atoms with E-state index in [-0.39, 0.29) is 5.91 Å². The van der Waals surface area contributed by atoms with Gasteiger partial charge in [-0.05, 0) is 93.3 Å². The number of benzene rings is 1. The van der Waals surface area contributed by atoms with E-state index in [0.717, 1.165) is 43.9 Å². The minimum absolute atomic E-state index is 0.0324. The normalized spacial score (nSPS) is 19.2. The lowest BCUT2D eigenvalue weighted by Gasteiger charge is -2.28. The van der Waals surface area contributed by atoms with Crippen LogP contribution >= 0.6 is 0 Å². The molecule has 3 rings (SSSR count). The van der Waals surface area contributed by atoms with Crippen molar-refractivity contribution in [2.24, 2.45) is 11.8 Å². The number of hydrogen-bond acceptors (Lipinski definition) is 2. The summed E-state index contributed by atoms with van der Waals surface area (Å²) in [5.74, 6) is -0.787. The van der Waals surface area contributed by atoms with Crippen LogP contribution in [0.4, 0.5) is 8.78 Å². The van der Waals surface area contributed by atoms with E-state index >= 15 is 0 Å². The molecule has 1 amide bonds. The molecule has 1 heterocycles. The number of aromatic nitrogens is 1. The van der Waals surface area contributed by atoms with Gasteiger partial charge in [0.25, 0.3) is 0 Å². The third-order valence-corrected chi connectivity index (χ3v) is 5.93. The van der Waals surface area contributed by atoms with Crippen molar-refractivity contribution < 1.29 is 13.6 Å². The molecule has 0 atom stereocenters. The molecule has 2 aromatic rings. The SMILES string of the molecule is C=C/C(=C\C=C/C)NC(=O)CC1CCC(Cc2cccc(-c3ccc(F)c(F)c3)n2)CC1. The van der Waals surface area contributed by atoms with E-state index in [4.69, 9.17) is 0 Å². The molecule has 1 aliphatic rings. The summed E-state index contributed by atoms with van der Waals surface area (Å²) in [5.41, 5.74) is 2.89. The highest BCUT2D eigenvalue weighted by molar-refractivity contribution is 5.78. The number of halogens is 2. The number of pyridine rings is 1. The number of allylic oxidation sites excluding steroid dienone is 4. The Bertz CT molecular complexity index is 1000. The Balaban J connectivity index is 1.51. The van der Waals surface area contributed by atoms with Crippen molar-refractivity contribution in [1.82, 2.24) is 10.3 Å². The summed E-state index contributed by atoms with van der Waals surface area (Å²) in [5, 5.41) is 2.92. The molecule has 32 heavy (non-hydrogen) atoms. The molecule has 1 saturated carbocycles. The monoisotopic (exact) mass is 436 g/mol. The Morgan fingerprint density at radius 2 is 1.88 bits per heavy atom. The summed E-state index contributed by atoms with van der Waals surface area (Å²) in [4.78, 5) is 17.0. The van der Waals surface area contributed by atoms with Gasteiger partial charge in [0.15, 0.2) is 11.6 Å². The minimum atomic E-state index is -0.866. The molecule has 1 aromatic carbocycles. The third-order valence-electron chi connectivity index (χ3n) is 5.93. The second-order valence-electron chi connectivity index (χ2n) is 8.34. The van der Waals surface area contributed by atoms with Crippen LogP contribution in [-0.2, 0) is 11.2 Å². The number of carbonyl (C=O) groups is 1. The van der Waals surface area contributed by atoms with Gasteiger partial charge < -0.3 is 5.32 Å². The fourth-order valence-electron chi connectivity index (χ4n) is 4.18. The molecule has 0 spiro atoms. The van der Waals surface area contributed by atoms with Crippen molar-refractivity contribution in [2.75, 3.05) is 0 Å². The van der Waals surface area contributed by atoms with Gasteiger partial charge >= 0.3 is 0 Å². The summed E-state index contributed by atoms with van der Waals surface area (Å²) >= 11 is 0. The first-order valence-electron chi connectivity index (χ1n) is 11.1. The zero-order chi connectivity index (χ0) is 22.9. The van der Waals surface area contributed by atoms with Crippen LogP contribution in [0.1, 0.15) is 44.7 Å². The van der Waals surface area contributed by atoms with Crippen molar-refractivity contribution in [2.45, 2.75) is 45.4 Å². The molecule has 5 heteroatoms. The van der Waals surface area contributed by atoms with Gasteiger partial charge in [0.1, 0.15) is 0 Å². The van der Waals surface area contributed by atoms with Crippen LogP contribution in [0.25, 0.3) is 11.3 Å². The third kappa shape index (κ3) is 6.71. The van der Waals surface area contributed by atoms with Crippen LogP contribution in [-0.4, -0.2) is 10.9 Å². The molecule has 1 aliphatic carbocycles. The van der Waals surface area contributed by atoms with Gasteiger partial charge in [-0.25, -0.2) is 8.78 Å². The van der Waals surface area contributed by atoms with Crippen molar-refractivity contribution in [1.29, 1.82) is 0 Å². The van der Waals surface area contributed by atoms with Crippen LogP contribution in [0.2, 0.25) is 0 Å². The minimum Gasteiger partial charge on any atom is -0.326 e. The summed E-state index contributed by atoms with van der Waals surface area (Å²) in [7, 11) is 0. The fourth-order valence-corrected chi connectivity index (χ4v) is 4.18. The van der Waals surface area contributed by atoms with Gasteiger partial charge in [0, 0.05) is 23.4 Å². The van der Waals surface area contributed by atoms with Gasteiger partial charge in [-0.15, -0.1) is 0 Å². The van der Waals surface area contributed by atoms with E-state index in [9.17, 15) is 13.6 Å². The van der Waals surface area contributed by atoms with E-state index in [1.54, 1.807) is 12.1 Å². The van der Waals surface area contributed by atoms with E-state index in [1.807, 2.05) is 43.4 Å². The molecule has 0 saturated heterocycles. The molecule has 0 bridgehead atoms. The van der Waals surface area contributed by atoms with Gasteiger partial charge in [-0.1, -0.05) is 24.8 Å². The average Bonchev–Trinajstić information content (AvgIpc) is 2.80. The summed E-state index contributed by atoms with van der Waals surface area (Å²) < 4.78 is 26.8. The fraction of sp³-hybridized carbons (Fsp3) is 0.333. The maximum Gasteiger partial charge on any atom is 0.224 e. The van der Waals surface area contributed by atoms with Crippen LogP contribution in [0.3, 0.4) is 0 Å². The van der Waals surface area contributed by atoms with E-state index in [1.165, 1.54) is 6.07 Å². The summed E-state index contributed by atoms with van der Waals surface area (Å²) in [6, 6.07) is 9.57. The largest absolute Gasteiger partial charge is 0.326 e. The Hall–Kier alpha value is -3.08. The van der Waals surface area contributed by atoms with Crippen LogP contribution in [0, 0.1) is 23.5 Å². The molecule has 0 radical (unpaired) electrons. The lowest BCUT2D eigenvalue weighted by atomic mass is 9.78. The number of carbonyl (C=O) groups excluding carboxylic acids is 1. The molecule has 0 aliphatic heterocycles. The lowest BCUT2D eigenvalue weighted by molar-refractivity contribution is -0.121. The predicted octanol–water partition coefficient (Wildman–Crippen LogP) is 6.53. The Labute approximate surface area is 189 Å². The van der Waals surface area contributed by atoms with Crippen LogP contribution in [0.5, 0.6) is 0 Å². The van der Waals surface area contributed by atoms with E-state index in [2.05, 4.69) is 16.9 Å². The predicted molar refractivity (Wildman–Crippen MR) is 125 cm³/mol. The van der Waals surface area contributed by atoms with Crippen molar-refractivity contribution in [3.8, 4) is 11.3 Å². The topological polar surface area (TPSA) is 42.0 Å². The summed E-state index contributed by atoms with van der Waals surface area (Å²) in [6.07, 6.45) is 12.8. The second kappa shape index (κ2) is 11.5. The van der Waals surface area contributed by atoms with Crippen molar-refractivity contribution >= 4 is 5.91 Å². The highest BCUT2D eigenvalue weighted by Crippen LogP contribution is 2.33. The van der Waals surface area contributed by atoms with Gasteiger partial charge in [0.2, 0.25) is 5.91 Å². The molecule has 1 aromatic heterocycles. The smallest absolute Gasteiger partial charge is 0.224 e. The molecular formula is C27H30F2N2O.